The van der Waals surface area contributed by atoms with Crippen LogP contribution in [0.5, 0.6) is 11.5 Å². The van der Waals surface area contributed by atoms with E-state index in [1.165, 1.54) is 18.9 Å². The van der Waals surface area contributed by atoms with E-state index < -0.39 is 6.10 Å². The van der Waals surface area contributed by atoms with Crippen LogP contribution < -0.4 is 4.74 Å². The highest BCUT2D eigenvalue weighted by atomic mass is 16.5. The summed E-state index contributed by atoms with van der Waals surface area (Å²) in [5.74, 6) is 2.38. The Kier molecular flexibility index (Phi) is 11.3. The lowest BCUT2D eigenvalue weighted by atomic mass is 10.0. The summed E-state index contributed by atoms with van der Waals surface area (Å²) in [4.78, 5) is 14.5. The number of aliphatic hydroxyl groups excluding tert-OH is 1. The molecule has 3 aromatic carbocycles. The number of unbranched alkanes of at least 4 members (excludes halogenated alkanes) is 1. The number of aromatic hydroxyl groups is 1. The Morgan fingerprint density at radius 2 is 1.26 bits per heavy atom. The average Bonchev–Trinajstić information content (AvgIpc) is 2.97. The van der Waals surface area contributed by atoms with Crippen LogP contribution in [0.4, 0.5) is 0 Å². The third kappa shape index (κ3) is 8.62. The van der Waals surface area contributed by atoms with Gasteiger partial charge in [-0.1, -0.05) is 80.6 Å². The van der Waals surface area contributed by atoms with Crippen LogP contribution >= 0.6 is 0 Å². The zero-order valence-corrected chi connectivity index (χ0v) is 26.4. The maximum Gasteiger partial charge on any atom is 0.167 e. The van der Waals surface area contributed by atoms with E-state index in [4.69, 9.17) is 24.4 Å². The molecule has 0 aliphatic carbocycles. The monoisotopic (exact) mass is 583 g/mol. The van der Waals surface area contributed by atoms with Crippen LogP contribution in [-0.4, -0.2) is 51.1 Å². The summed E-state index contributed by atoms with van der Waals surface area (Å²) in [6.45, 7) is 13.5. The topological polar surface area (TPSA) is 97.6 Å². The number of hydrogen-bond acceptors (Lipinski definition) is 7. The van der Waals surface area contributed by atoms with Gasteiger partial charge >= 0.3 is 0 Å². The van der Waals surface area contributed by atoms with Crippen LogP contribution in [0.1, 0.15) is 61.8 Å². The first-order valence-corrected chi connectivity index (χ1v) is 15.3. The number of aromatic nitrogens is 3. The smallest absolute Gasteiger partial charge is 0.167 e. The lowest BCUT2D eigenvalue weighted by molar-refractivity contribution is -0.00111. The molecule has 0 unspecified atom stereocenters. The molecule has 7 heteroatoms. The van der Waals surface area contributed by atoms with Crippen LogP contribution in [0.25, 0.3) is 34.2 Å². The second-order valence-electron chi connectivity index (χ2n) is 11.5. The van der Waals surface area contributed by atoms with Gasteiger partial charge in [0.15, 0.2) is 17.5 Å². The molecule has 2 N–H and O–H groups in total. The zero-order valence-electron chi connectivity index (χ0n) is 26.4. The van der Waals surface area contributed by atoms with Crippen molar-refractivity contribution in [2.24, 2.45) is 5.92 Å². The summed E-state index contributed by atoms with van der Waals surface area (Å²) < 4.78 is 11.5. The van der Waals surface area contributed by atoms with E-state index in [2.05, 4.69) is 39.8 Å². The highest BCUT2D eigenvalue weighted by Gasteiger charge is 2.18. The fraction of sp³-hybridized carbons (Fsp3) is 0.417. The quantitative estimate of drug-likeness (QED) is 0.156. The molecule has 228 valence electrons. The molecule has 2 atom stereocenters. The van der Waals surface area contributed by atoms with Crippen molar-refractivity contribution in [3.63, 3.8) is 0 Å². The number of phenols is 1. The van der Waals surface area contributed by atoms with Gasteiger partial charge < -0.3 is 19.7 Å². The van der Waals surface area contributed by atoms with E-state index >= 15 is 0 Å². The highest BCUT2D eigenvalue weighted by Crippen LogP contribution is 2.34. The first-order chi connectivity index (χ1) is 20.7. The van der Waals surface area contributed by atoms with Gasteiger partial charge in [0.2, 0.25) is 0 Å². The Bertz CT molecular complexity index is 1450. The minimum Gasteiger partial charge on any atom is -0.507 e. The largest absolute Gasteiger partial charge is 0.507 e. The number of hydrogen-bond donors (Lipinski definition) is 2. The molecule has 0 bridgehead atoms. The predicted molar refractivity (Wildman–Crippen MR) is 172 cm³/mol. The average molecular weight is 584 g/mol. The van der Waals surface area contributed by atoms with Crippen molar-refractivity contribution in [1.29, 1.82) is 0 Å². The SMILES string of the molecule is CCCC[C@@H](CC)COC[C@@H](O)COc1ccc(-c2nc(-c3ccc(C)cc3C)nc(-c3ccc(C)cc3C)n2)c(O)c1. The zero-order chi connectivity index (χ0) is 30.9. The standard InChI is InChI=1S/C36H45N3O4/c1-7-9-10-27(8-2)20-42-21-28(40)22-43-29-13-16-32(33(41)19-29)36-38-34(30-14-11-23(3)17-25(30)5)37-35(39-36)31-15-12-24(4)18-26(31)6/h11-19,27-28,40-41H,7-10,20-22H2,1-6H3/t27-,28-/m1/s1. The molecule has 7 nitrogen and oxygen atoms in total. The summed E-state index contributed by atoms with van der Waals surface area (Å²) in [5, 5.41) is 21.4. The highest BCUT2D eigenvalue weighted by molar-refractivity contribution is 5.72. The van der Waals surface area contributed by atoms with Gasteiger partial charge in [0, 0.05) is 23.8 Å². The van der Waals surface area contributed by atoms with Gasteiger partial charge in [0.05, 0.1) is 12.2 Å². The van der Waals surface area contributed by atoms with Crippen molar-refractivity contribution in [2.75, 3.05) is 19.8 Å². The minimum absolute atomic E-state index is 0.0192. The van der Waals surface area contributed by atoms with Crippen LogP contribution in [0.15, 0.2) is 54.6 Å². The second-order valence-corrected chi connectivity index (χ2v) is 11.5. The van der Waals surface area contributed by atoms with Crippen molar-refractivity contribution < 1.29 is 19.7 Å². The van der Waals surface area contributed by atoms with Crippen molar-refractivity contribution in [1.82, 2.24) is 15.0 Å². The molecule has 0 amide bonds. The molecule has 0 aliphatic rings. The van der Waals surface area contributed by atoms with Crippen LogP contribution in [0, 0.1) is 33.6 Å². The molecule has 43 heavy (non-hydrogen) atoms. The van der Waals surface area contributed by atoms with Gasteiger partial charge in [-0.15, -0.1) is 0 Å². The molecule has 4 aromatic rings. The lowest BCUT2D eigenvalue weighted by Gasteiger charge is -2.17. The van der Waals surface area contributed by atoms with Crippen LogP contribution in [0.3, 0.4) is 0 Å². The van der Waals surface area contributed by atoms with Gasteiger partial charge in [0.1, 0.15) is 24.2 Å². The molecule has 1 aromatic heterocycles. The first kappa shape index (κ1) is 32.1. The summed E-state index contributed by atoms with van der Waals surface area (Å²) in [6.07, 6.45) is 3.81. The summed E-state index contributed by atoms with van der Waals surface area (Å²) in [6, 6.07) is 17.3. The molecule has 4 rings (SSSR count). The van der Waals surface area contributed by atoms with E-state index in [0.29, 0.717) is 41.3 Å². The molecular formula is C36H45N3O4. The minimum atomic E-state index is -0.769. The van der Waals surface area contributed by atoms with E-state index in [0.717, 1.165) is 46.2 Å². The molecule has 0 aliphatic heterocycles. The molecule has 0 fully saturated rings. The fourth-order valence-corrected chi connectivity index (χ4v) is 5.17. The number of ether oxygens (including phenoxy) is 2. The van der Waals surface area contributed by atoms with E-state index in [9.17, 15) is 10.2 Å². The number of nitrogens with zero attached hydrogens (tertiary/aromatic N) is 3. The van der Waals surface area contributed by atoms with E-state index in [1.54, 1.807) is 12.1 Å². The lowest BCUT2D eigenvalue weighted by Crippen LogP contribution is -2.25. The molecule has 0 saturated carbocycles. The number of rotatable bonds is 14. The normalized spacial score (nSPS) is 12.7. The van der Waals surface area contributed by atoms with E-state index in [1.807, 2.05) is 38.1 Å². The first-order valence-electron chi connectivity index (χ1n) is 15.3. The molecule has 0 saturated heterocycles. The van der Waals surface area contributed by atoms with Gasteiger partial charge in [-0.3, -0.25) is 0 Å². The summed E-state index contributed by atoms with van der Waals surface area (Å²) in [7, 11) is 0. The molecule has 0 radical (unpaired) electrons. The maximum atomic E-state index is 11.0. The van der Waals surface area contributed by atoms with Crippen LogP contribution in [-0.2, 0) is 4.74 Å². The third-order valence-corrected chi connectivity index (χ3v) is 7.74. The number of aliphatic hydroxyl groups is 1. The summed E-state index contributed by atoms with van der Waals surface area (Å²) in [5.41, 5.74) is 6.72. The maximum absolute atomic E-state index is 11.0. The van der Waals surface area contributed by atoms with Gasteiger partial charge in [-0.05, 0) is 63.3 Å². The Morgan fingerprint density at radius 3 is 1.77 bits per heavy atom. The second kappa shape index (κ2) is 15.1. The van der Waals surface area contributed by atoms with Crippen molar-refractivity contribution >= 4 is 0 Å². The Labute approximate surface area is 256 Å². The molecule has 1 heterocycles. The van der Waals surface area contributed by atoms with Crippen LogP contribution in [0.2, 0.25) is 0 Å². The number of aryl methyl sites for hydroxylation is 4. The van der Waals surface area contributed by atoms with Gasteiger partial charge in [0.25, 0.3) is 0 Å². The third-order valence-electron chi connectivity index (χ3n) is 7.74. The summed E-state index contributed by atoms with van der Waals surface area (Å²) >= 11 is 0. The van der Waals surface area contributed by atoms with Crippen molar-refractivity contribution in [2.45, 2.75) is 73.3 Å². The Morgan fingerprint density at radius 1 is 0.698 bits per heavy atom. The Hall–Kier alpha value is -3.81. The number of phenolic OH excluding ortho intramolecular Hbond substituents is 1. The van der Waals surface area contributed by atoms with Crippen molar-refractivity contribution in [3.05, 3.63) is 76.9 Å². The molecule has 0 spiro atoms. The van der Waals surface area contributed by atoms with Crippen molar-refractivity contribution in [3.8, 4) is 45.7 Å². The van der Waals surface area contributed by atoms with E-state index in [-0.39, 0.29) is 19.0 Å². The van der Waals surface area contributed by atoms with Gasteiger partial charge in [-0.2, -0.15) is 0 Å². The molecular weight excluding hydrogens is 538 g/mol. The van der Waals surface area contributed by atoms with Gasteiger partial charge in [-0.25, -0.2) is 15.0 Å². The fourth-order valence-electron chi connectivity index (χ4n) is 5.17. The predicted octanol–water partition coefficient (Wildman–Crippen LogP) is 7.78. The number of benzene rings is 3. The Balaban J connectivity index is 1.55.